The van der Waals surface area contributed by atoms with Gasteiger partial charge < -0.3 is 14.6 Å². The van der Waals surface area contributed by atoms with Crippen molar-refractivity contribution in [2.45, 2.75) is 32.7 Å². The Morgan fingerprint density at radius 2 is 1.90 bits per heavy atom. The summed E-state index contributed by atoms with van der Waals surface area (Å²) in [6, 6.07) is 6.17. The average Bonchev–Trinajstić information content (AvgIpc) is 2.87. The molecule has 0 spiro atoms. The summed E-state index contributed by atoms with van der Waals surface area (Å²) in [4.78, 5) is 6.63. The molecule has 2 aromatic heterocycles. The third-order valence-electron chi connectivity index (χ3n) is 3.13. The van der Waals surface area contributed by atoms with E-state index in [4.69, 9.17) is 0 Å². The van der Waals surface area contributed by atoms with Crippen LogP contribution < -0.4 is 10.2 Å². The molecule has 0 amide bonds. The number of pyridine rings is 1. The van der Waals surface area contributed by atoms with Crippen molar-refractivity contribution in [1.29, 1.82) is 0 Å². The Kier molecular flexibility index (Phi) is 5.90. The molecule has 0 fully saturated rings. The molecule has 0 unspecified atom stereocenters. The molecule has 0 aliphatic rings. The van der Waals surface area contributed by atoms with Gasteiger partial charge in [-0.1, -0.05) is 39.6 Å². The fraction of sp³-hybridized carbons (Fsp3) is 0.467. The summed E-state index contributed by atoms with van der Waals surface area (Å²) in [5.41, 5.74) is 1.38. The SMILES string of the molecule is C[Si]c1cc(C(C)(C)C)cc(-n2[c-]cc(N(C)C)n2)n1.[Ir]. The molecule has 0 saturated carbocycles. The van der Waals surface area contributed by atoms with E-state index in [2.05, 4.69) is 55.7 Å². The predicted molar refractivity (Wildman–Crippen MR) is 84.5 cm³/mol. The van der Waals surface area contributed by atoms with Crippen LogP contribution in [0.1, 0.15) is 26.3 Å². The topological polar surface area (TPSA) is 34.0 Å². The van der Waals surface area contributed by atoms with Crippen LogP contribution in [-0.2, 0) is 25.5 Å². The van der Waals surface area contributed by atoms with Crippen LogP contribution in [0.3, 0.4) is 0 Å². The molecular weight excluding hydrogens is 456 g/mol. The third kappa shape index (κ3) is 4.25. The third-order valence-corrected chi connectivity index (χ3v) is 3.90. The monoisotopic (exact) mass is 478 g/mol. The number of nitrogens with zero attached hydrogens (tertiary/aromatic N) is 4. The number of rotatable bonds is 3. The van der Waals surface area contributed by atoms with Gasteiger partial charge in [-0.2, -0.15) is 0 Å². The fourth-order valence-corrected chi connectivity index (χ4v) is 2.33. The number of aromatic nitrogens is 3. The summed E-state index contributed by atoms with van der Waals surface area (Å²) in [5.74, 6) is 1.73. The summed E-state index contributed by atoms with van der Waals surface area (Å²) in [6.07, 6.45) is 3.14. The van der Waals surface area contributed by atoms with Crippen molar-refractivity contribution in [2.75, 3.05) is 19.0 Å². The molecule has 2 heterocycles. The zero-order valence-corrected chi connectivity index (χ0v) is 16.7. The van der Waals surface area contributed by atoms with Crippen LogP contribution in [0, 0.1) is 6.20 Å². The predicted octanol–water partition coefficient (Wildman–Crippen LogP) is 1.81. The zero-order chi connectivity index (χ0) is 14.9. The van der Waals surface area contributed by atoms with Crippen LogP contribution >= 0.6 is 0 Å². The van der Waals surface area contributed by atoms with E-state index in [1.807, 2.05) is 25.1 Å². The van der Waals surface area contributed by atoms with Crippen molar-refractivity contribution in [3.8, 4) is 5.82 Å². The largest absolute Gasteiger partial charge is 0.412 e. The molecule has 4 nitrogen and oxygen atoms in total. The molecular formula is C15H21IrN4Si-. The first-order valence-corrected chi connectivity index (χ1v) is 8.17. The average molecular weight is 478 g/mol. The van der Waals surface area contributed by atoms with Gasteiger partial charge >= 0.3 is 0 Å². The van der Waals surface area contributed by atoms with Crippen molar-refractivity contribution < 1.29 is 20.1 Å². The Balaban J connectivity index is 0.00000220. The minimum Gasteiger partial charge on any atom is -0.412 e. The van der Waals surface area contributed by atoms with Gasteiger partial charge in [0.15, 0.2) is 0 Å². The van der Waals surface area contributed by atoms with Gasteiger partial charge in [0.1, 0.15) is 9.52 Å². The van der Waals surface area contributed by atoms with Gasteiger partial charge in [-0.15, -0.1) is 6.07 Å². The molecule has 21 heavy (non-hydrogen) atoms. The van der Waals surface area contributed by atoms with Gasteiger partial charge in [0.2, 0.25) is 0 Å². The quantitative estimate of drug-likeness (QED) is 0.500. The molecule has 0 atom stereocenters. The first kappa shape index (κ1) is 18.1. The van der Waals surface area contributed by atoms with Gasteiger partial charge in [0.05, 0.1) is 5.82 Å². The molecule has 6 heteroatoms. The molecule has 115 valence electrons. The van der Waals surface area contributed by atoms with Gasteiger partial charge in [0, 0.05) is 31.2 Å². The number of hydrogen-bond donors (Lipinski definition) is 0. The van der Waals surface area contributed by atoms with Gasteiger partial charge in [-0.05, 0) is 31.1 Å². The first-order valence-electron chi connectivity index (χ1n) is 6.67. The van der Waals surface area contributed by atoms with E-state index < -0.39 is 0 Å². The molecule has 0 aliphatic carbocycles. The maximum absolute atomic E-state index is 4.67. The normalized spacial score (nSPS) is 11.1. The fourth-order valence-electron chi connectivity index (χ4n) is 1.80. The van der Waals surface area contributed by atoms with E-state index in [-0.39, 0.29) is 25.5 Å². The maximum atomic E-state index is 4.67. The van der Waals surface area contributed by atoms with Crippen molar-refractivity contribution >= 4 is 20.7 Å². The minimum atomic E-state index is 0. The van der Waals surface area contributed by atoms with Crippen LogP contribution in [0.15, 0.2) is 18.2 Å². The summed E-state index contributed by atoms with van der Waals surface area (Å²) >= 11 is 0. The van der Waals surface area contributed by atoms with E-state index in [1.54, 1.807) is 4.68 Å². The molecule has 0 aromatic carbocycles. The Hall–Kier alpha value is -0.974. The van der Waals surface area contributed by atoms with E-state index in [0.29, 0.717) is 9.52 Å². The van der Waals surface area contributed by atoms with Crippen molar-refractivity contribution in [3.05, 3.63) is 30.0 Å². The number of anilines is 1. The Morgan fingerprint density at radius 1 is 1.24 bits per heavy atom. The first-order chi connectivity index (χ1) is 9.31. The summed E-state index contributed by atoms with van der Waals surface area (Å²) in [5, 5.41) is 5.62. The van der Waals surface area contributed by atoms with Crippen molar-refractivity contribution in [3.63, 3.8) is 0 Å². The number of hydrogen-bond acceptors (Lipinski definition) is 3. The second kappa shape index (κ2) is 6.86. The summed E-state index contributed by atoms with van der Waals surface area (Å²) < 4.78 is 1.73. The second-order valence-electron chi connectivity index (χ2n) is 6.04. The Labute approximate surface area is 143 Å². The molecule has 0 aliphatic heterocycles. The summed E-state index contributed by atoms with van der Waals surface area (Å²) in [6.45, 7) is 8.79. The van der Waals surface area contributed by atoms with Gasteiger partial charge in [-0.25, -0.2) is 5.10 Å². The van der Waals surface area contributed by atoms with Crippen LogP contribution in [-0.4, -0.2) is 38.4 Å². The van der Waals surface area contributed by atoms with Gasteiger partial charge in [0.25, 0.3) is 0 Å². The van der Waals surface area contributed by atoms with Crippen molar-refractivity contribution in [1.82, 2.24) is 14.8 Å². The minimum absolute atomic E-state index is 0. The van der Waals surface area contributed by atoms with Crippen molar-refractivity contribution in [2.24, 2.45) is 0 Å². The van der Waals surface area contributed by atoms with E-state index in [0.717, 1.165) is 17.0 Å². The van der Waals surface area contributed by atoms with Crippen LogP contribution in [0.4, 0.5) is 5.82 Å². The maximum Gasteiger partial charge on any atom is 0.102 e. The second-order valence-corrected chi connectivity index (χ2v) is 7.05. The van der Waals surface area contributed by atoms with Crippen LogP contribution in [0.25, 0.3) is 5.82 Å². The van der Waals surface area contributed by atoms with E-state index in [9.17, 15) is 0 Å². The molecule has 3 radical (unpaired) electrons. The molecule has 2 rings (SSSR count). The molecule has 0 bridgehead atoms. The Bertz CT molecular complexity index is 602. The van der Waals surface area contributed by atoms with Crippen LogP contribution in [0.2, 0.25) is 6.55 Å². The van der Waals surface area contributed by atoms with E-state index in [1.165, 1.54) is 5.56 Å². The zero-order valence-electron chi connectivity index (χ0n) is 13.4. The van der Waals surface area contributed by atoms with E-state index >= 15 is 0 Å². The van der Waals surface area contributed by atoms with Gasteiger partial charge in [-0.3, -0.25) is 0 Å². The standard InChI is InChI=1S/C15H21N4Si.Ir/c1-15(2,3)11-9-13(16-14(10-11)20-6)19-8-7-12(17-19)18(4)5;/h7,9-10H,1-6H3;/q-1;. The van der Waals surface area contributed by atoms with Crippen LogP contribution in [0.5, 0.6) is 0 Å². The Morgan fingerprint density at radius 3 is 2.38 bits per heavy atom. The molecule has 2 aromatic rings. The smallest absolute Gasteiger partial charge is 0.102 e. The molecule has 0 N–H and O–H groups in total. The summed E-state index contributed by atoms with van der Waals surface area (Å²) in [7, 11) is 4.61. The molecule has 0 saturated heterocycles.